The van der Waals surface area contributed by atoms with E-state index < -0.39 is 142 Å². The van der Waals surface area contributed by atoms with Gasteiger partial charge in [0.15, 0.2) is 40.4 Å². The van der Waals surface area contributed by atoms with Crippen LogP contribution in [-0.4, -0.2) is 212 Å². The second kappa shape index (κ2) is 37.9. The van der Waals surface area contributed by atoms with Gasteiger partial charge in [-0.15, -0.1) is 0 Å². The number of hydrogen-bond donors (Lipinski definition) is 12. The minimum Gasteiger partial charge on any atom is -0.374 e. The number of ketones is 1. The van der Waals surface area contributed by atoms with Crippen molar-refractivity contribution in [3.63, 3.8) is 0 Å². The molecule has 3 aliphatic rings. The van der Waals surface area contributed by atoms with Crippen LogP contribution in [0.2, 0.25) is 0 Å². The van der Waals surface area contributed by atoms with E-state index in [0.717, 1.165) is 16.0 Å². The Balaban J connectivity index is 1.16. The lowest BCUT2D eigenvalue weighted by Crippen LogP contribution is -2.61. The summed E-state index contributed by atoms with van der Waals surface area (Å²) in [5, 5.41) is 51.4. The average Bonchev–Trinajstić information content (AvgIpc) is 1.81. The minimum atomic E-state index is -1.91. The number of hydrogen-bond acceptors (Lipinski definition) is 20. The molecular weight excluding hydrogens is 1260 g/mol. The van der Waals surface area contributed by atoms with Gasteiger partial charge < -0.3 is 74.7 Å². The van der Waals surface area contributed by atoms with E-state index in [1.165, 1.54) is 16.1 Å². The summed E-state index contributed by atoms with van der Waals surface area (Å²) in [6.45, 7) is -1.09. The van der Waals surface area contributed by atoms with Crippen molar-refractivity contribution in [3.8, 4) is 0 Å². The SMILES string of the molecule is N=C(N)NCCC[C@H](NC(=O)[C@@H](N)CCCC(N)C(=O)[C@H](CCCNC(=N)N)N(C(=O)[C@H](Cc1ccccc1)NC(=O)[C@@H]1CCCN1C(=O)[C@H](COCc1ccccc1)NC(=O)[C@@H](N)Cc1ccccc1)[N+](=O)[O-])C(=O)N1CCC[C@H]1C(=O)N1CCC[C@H]1C(=O)N(C[C]=O)[N+](=O)[O-]. The standard InChI is InChI=1S/C63H88N19O15/c64-43(22-10-23-44(65)54(85)73-46(24-11-29-71-62(67)68)57(88)77-32-14-27-51(77)60(91)78-33-15-28-52(78)61(92)79(34-35-83)81(93)94)53(84)49(25-12-30-72-63(69)70)80(82(95)96)59(90)47(37-41-18-6-2-7-19-41)74-56(87)50-26-13-31-76(50)58(89)48(39-97-38-42-20-8-3-9-21-42)75-55(86)45(66)36-40-16-4-1-5-17-40/h1-9,16-21,43-52H,10-15,22-34,36-39,64-66H2,(H,73,85)(H,74,87)(H,75,86)(H4,67,68,71)(H4,69,70,72)/t43?,44-,45-,46-,47-,48-,49-,50-,51-,52-/m0/s1. The highest BCUT2D eigenvalue weighted by Crippen LogP contribution is 2.28. The van der Waals surface area contributed by atoms with E-state index in [9.17, 15) is 63.4 Å². The number of benzene rings is 3. The molecule has 10 atom stereocenters. The number of carbonyl (C=O) groups excluding carboxylic acids is 10. The zero-order valence-corrected chi connectivity index (χ0v) is 53.8. The lowest BCUT2D eigenvalue weighted by molar-refractivity contribution is -0.640. The molecule has 3 heterocycles. The average molecular weight is 1350 g/mol. The van der Waals surface area contributed by atoms with Crippen molar-refractivity contribution in [1.82, 2.24) is 51.3 Å². The fraction of sp³-hybridized carbons (Fsp3) is 0.524. The van der Waals surface area contributed by atoms with Gasteiger partial charge in [0.25, 0.3) is 0 Å². The fourth-order valence-electron chi connectivity index (χ4n) is 12.1. The maximum atomic E-state index is 15.0. The van der Waals surface area contributed by atoms with E-state index in [4.69, 9.17) is 44.2 Å². The lowest BCUT2D eigenvalue weighted by Gasteiger charge is -2.33. The van der Waals surface area contributed by atoms with Crippen LogP contribution in [0.15, 0.2) is 91.0 Å². The molecule has 1 unspecified atom stereocenters. The molecule has 6 rings (SSSR count). The molecule has 0 saturated carbocycles. The Hall–Kier alpha value is -10.1. The van der Waals surface area contributed by atoms with Crippen LogP contribution < -0.4 is 55.3 Å². The second-order valence-corrected chi connectivity index (χ2v) is 24.0. The van der Waals surface area contributed by atoms with Crippen molar-refractivity contribution in [3.05, 3.63) is 128 Å². The van der Waals surface area contributed by atoms with E-state index in [1.807, 2.05) is 24.3 Å². The predicted molar refractivity (Wildman–Crippen MR) is 350 cm³/mol. The number of likely N-dealkylation sites (tertiary alicyclic amines) is 3. The van der Waals surface area contributed by atoms with Crippen molar-refractivity contribution in [2.45, 2.75) is 163 Å². The summed E-state index contributed by atoms with van der Waals surface area (Å²) in [6, 6.07) is 12.3. The van der Waals surface area contributed by atoms with Crippen LogP contribution >= 0.6 is 0 Å². The molecule has 3 saturated heterocycles. The Morgan fingerprint density at radius 1 is 0.588 bits per heavy atom. The van der Waals surface area contributed by atoms with E-state index >= 15 is 4.79 Å². The quantitative estimate of drug-likeness (QED) is 0.00960. The highest BCUT2D eigenvalue weighted by molar-refractivity contribution is 5.98. The number of hydrazine groups is 2. The smallest absolute Gasteiger partial charge is 0.306 e. The van der Waals surface area contributed by atoms with Crippen molar-refractivity contribution >= 4 is 71.2 Å². The Kier molecular flexibility index (Phi) is 29.7. The lowest BCUT2D eigenvalue weighted by atomic mass is 9.95. The molecule has 3 fully saturated rings. The third kappa shape index (κ3) is 22.3. The molecular formula is C63H88N19O15. The topological polar surface area (TPSA) is 520 Å². The first-order valence-electron chi connectivity index (χ1n) is 32.2. The van der Waals surface area contributed by atoms with E-state index in [0.29, 0.717) is 24.8 Å². The largest absolute Gasteiger partial charge is 0.374 e. The summed E-state index contributed by atoms with van der Waals surface area (Å²) in [7, 11) is 0. The number of Topliss-reactive ketones (excluding diaryl/α,β-unsaturated/α-hetero) is 1. The molecule has 525 valence electrons. The molecule has 17 N–H and O–H groups in total. The van der Waals surface area contributed by atoms with Crippen LogP contribution in [0.1, 0.15) is 100 Å². The van der Waals surface area contributed by atoms with Gasteiger partial charge in [0.05, 0.1) is 31.3 Å². The molecule has 8 amide bonds. The van der Waals surface area contributed by atoms with Gasteiger partial charge in [0.2, 0.25) is 41.7 Å². The third-order valence-electron chi connectivity index (χ3n) is 17.0. The predicted octanol–water partition coefficient (Wildman–Crippen LogP) is -2.12. The van der Waals surface area contributed by atoms with Gasteiger partial charge in [-0.2, -0.15) is 0 Å². The summed E-state index contributed by atoms with van der Waals surface area (Å²) in [5.74, 6) is -8.67. The molecule has 97 heavy (non-hydrogen) atoms. The number of nitrogens with one attached hydrogen (secondary N) is 7. The first kappa shape index (κ1) is 76.0. The van der Waals surface area contributed by atoms with Crippen molar-refractivity contribution in [1.29, 1.82) is 10.8 Å². The van der Waals surface area contributed by atoms with Gasteiger partial charge in [0.1, 0.15) is 36.3 Å². The van der Waals surface area contributed by atoms with Crippen LogP contribution in [0.4, 0.5) is 0 Å². The summed E-state index contributed by atoms with van der Waals surface area (Å²) < 4.78 is 5.96. The van der Waals surface area contributed by atoms with Gasteiger partial charge in [-0.05, 0) is 112 Å². The zero-order chi connectivity index (χ0) is 70.7. The zero-order valence-electron chi connectivity index (χ0n) is 53.8. The number of carbonyl (C=O) groups is 9. The highest BCUT2D eigenvalue weighted by Gasteiger charge is 2.48. The molecule has 0 bridgehead atoms. The maximum Gasteiger partial charge on any atom is 0.306 e. The van der Waals surface area contributed by atoms with E-state index in [-0.39, 0.29) is 133 Å². The van der Waals surface area contributed by atoms with Crippen molar-refractivity contribution < 1.29 is 62.7 Å². The highest BCUT2D eigenvalue weighted by atomic mass is 16.7. The Labute approximate surface area is 560 Å². The number of nitrogens with zero attached hydrogens (tertiary/aromatic N) is 7. The maximum absolute atomic E-state index is 15.0. The van der Waals surface area contributed by atoms with Crippen molar-refractivity contribution in [2.24, 2.45) is 28.7 Å². The van der Waals surface area contributed by atoms with Crippen LogP contribution in [0.5, 0.6) is 0 Å². The summed E-state index contributed by atoms with van der Waals surface area (Å²) in [4.78, 5) is 168. The number of nitrogens with two attached hydrogens (primary N) is 5. The fourth-order valence-corrected chi connectivity index (χ4v) is 12.1. The van der Waals surface area contributed by atoms with Crippen LogP contribution in [0, 0.1) is 31.0 Å². The molecule has 3 aliphatic heterocycles. The summed E-state index contributed by atoms with van der Waals surface area (Å²) >= 11 is 0. The number of amides is 8. The van der Waals surface area contributed by atoms with Crippen molar-refractivity contribution in [2.75, 3.05) is 45.9 Å². The first-order chi connectivity index (χ1) is 46.4. The molecule has 0 spiro atoms. The number of rotatable bonds is 38. The van der Waals surface area contributed by atoms with Crippen LogP contribution in [-0.2, 0) is 72.1 Å². The summed E-state index contributed by atoms with van der Waals surface area (Å²) in [5.41, 5.74) is 32.2. The molecule has 0 aliphatic carbocycles. The molecule has 3 aromatic carbocycles. The van der Waals surface area contributed by atoms with E-state index in [2.05, 4.69) is 26.6 Å². The first-order valence-corrected chi connectivity index (χ1v) is 32.2. The molecule has 3 aromatic rings. The summed E-state index contributed by atoms with van der Waals surface area (Å²) in [6.07, 6.45) is 1.47. The number of nitro groups is 2. The van der Waals surface area contributed by atoms with Gasteiger partial charge in [-0.1, -0.05) is 96.0 Å². The number of ether oxygens (including phenoxy) is 1. The van der Waals surface area contributed by atoms with Gasteiger partial charge in [0, 0.05) is 39.1 Å². The molecule has 34 nitrogen and oxygen atoms in total. The monoisotopic (exact) mass is 1350 g/mol. The van der Waals surface area contributed by atoms with Gasteiger partial charge in [-0.25, -0.2) is 20.2 Å². The molecule has 0 aromatic heterocycles. The Bertz CT molecular complexity index is 3250. The molecule has 34 heteroatoms. The van der Waals surface area contributed by atoms with Crippen LogP contribution in [0.25, 0.3) is 0 Å². The normalized spacial score (nSPS) is 18.0. The second-order valence-electron chi connectivity index (χ2n) is 24.0. The van der Waals surface area contributed by atoms with Crippen LogP contribution in [0.3, 0.4) is 0 Å². The number of guanidine groups is 2. The van der Waals surface area contributed by atoms with Gasteiger partial charge in [-0.3, -0.25) is 58.8 Å². The molecule has 1 radical (unpaired) electrons. The minimum absolute atomic E-state index is 0.0317. The van der Waals surface area contributed by atoms with Gasteiger partial charge >= 0.3 is 11.8 Å². The Morgan fingerprint density at radius 3 is 1.65 bits per heavy atom. The Morgan fingerprint density at radius 2 is 1.08 bits per heavy atom. The van der Waals surface area contributed by atoms with E-state index in [1.54, 1.807) is 66.7 Å². The third-order valence-corrected chi connectivity index (χ3v) is 17.0.